The van der Waals surface area contributed by atoms with Gasteiger partial charge in [-0.1, -0.05) is 0 Å². The Kier molecular flexibility index (Phi) is 5.88. The van der Waals surface area contributed by atoms with Crippen LogP contribution in [0.5, 0.6) is 17.2 Å². The molecule has 3 N–H and O–H groups in total. The summed E-state index contributed by atoms with van der Waals surface area (Å²) < 4.78 is 16.1. The van der Waals surface area contributed by atoms with Crippen LogP contribution < -0.4 is 24.8 Å². The first-order valence-electron chi connectivity index (χ1n) is 8.55. The van der Waals surface area contributed by atoms with E-state index in [0.29, 0.717) is 28.2 Å². The van der Waals surface area contributed by atoms with Crippen molar-refractivity contribution in [2.75, 3.05) is 21.3 Å². The molecule has 0 spiro atoms. The molecular formula is C19H27N3O5. The normalized spacial score (nSPS) is 12.4. The molecule has 1 aromatic heterocycles. The number of aromatic amines is 1. The van der Waals surface area contributed by atoms with E-state index in [1.165, 1.54) is 21.3 Å². The predicted octanol–water partition coefficient (Wildman–Crippen LogP) is 2.23. The molecule has 0 fully saturated rings. The summed E-state index contributed by atoms with van der Waals surface area (Å²) in [5, 5.41) is 6.19. The highest BCUT2D eigenvalue weighted by atomic mass is 16.5. The summed E-state index contributed by atoms with van der Waals surface area (Å²) in [5.41, 5.74) is 0.477. The number of amides is 2. The first-order chi connectivity index (χ1) is 12.6. The van der Waals surface area contributed by atoms with Gasteiger partial charge in [0.2, 0.25) is 5.91 Å². The maximum atomic E-state index is 12.6. The predicted molar refractivity (Wildman–Crippen MR) is 103 cm³/mol. The van der Waals surface area contributed by atoms with E-state index in [1.807, 2.05) is 20.8 Å². The zero-order valence-electron chi connectivity index (χ0n) is 16.8. The van der Waals surface area contributed by atoms with Crippen LogP contribution in [0.15, 0.2) is 12.1 Å². The van der Waals surface area contributed by atoms with E-state index in [2.05, 4.69) is 15.6 Å². The number of aromatic nitrogens is 1. The third-order valence-electron chi connectivity index (χ3n) is 3.92. The largest absolute Gasteiger partial charge is 0.496 e. The minimum atomic E-state index is -0.693. The van der Waals surface area contributed by atoms with Gasteiger partial charge in [-0.05, 0) is 33.8 Å². The molecule has 1 atom stereocenters. The lowest BCUT2D eigenvalue weighted by molar-refractivity contribution is -0.124. The van der Waals surface area contributed by atoms with Crippen LogP contribution in [0.3, 0.4) is 0 Å². The fourth-order valence-electron chi connectivity index (χ4n) is 2.68. The monoisotopic (exact) mass is 377 g/mol. The van der Waals surface area contributed by atoms with Crippen molar-refractivity contribution in [1.29, 1.82) is 0 Å². The Balaban J connectivity index is 2.33. The summed E-state index contributed by atoms with van der Waals surface area (Å²) in [4.78, 5) is 27.8. The van der Waals surface area contributed by atoms with Gasteiger partial charge in [-0.3, -0.25) is 9.59 Å². The van der Waals surface area contributed by atoms with Crippen molar-refractivity contribution in [3.8, 4) is 17.2 Å². The molecular weight excluding hydrogens is 350 g/mol. The molecule has 0 aliphatic heterocycles. The SMILES string of the molecule is COc1cc(OC)c2cc(C(=O)NC(C)C(=O)NC(C)(C)C)[nH]c2c1OC. The quantitative estimate of drug-likeness (QED) is 0.717. The Labute approximate surface area is 158 Å². The van der Waals surface area contributed by atoms with Crippen molar-refractivity contribution in [2.45, 2.75) is 39.3 Å². The number of rotatable bonds is 6. The number of ether oxygens (including phenoxy) is 3. The fraction of sp³-hybridized carbons (Fsp3) is 0.474. The second-order valence-electron chi connectivity index (χ2n) is 7.22. The molecule has 1 heterocycles. The van der Waals surface area contributed by atoms with Gasteiger partial charge in [-0.15, -0.1) is 0 Å². The number of carbonyl (C=O) groups excluding carboxylic acids is 2. The second-order valence-corrected chi connectivity index (χ2v) is 7.22. The number of hydrogen-bond acceptors (Lipinski definition) is 5. The topological polar surface area (TPSA) is 102 Å². The van der Waals surface area contributed by atoms with Gasteiger partial charge in [-0.2, -0.15) is 0 Å². The van der Waals surface area contributed by atoms with E-state index in [4.69, 9.17) is 14.2 Å². The van der Waals surface area contributed by atoms with E-state index < -0.39 is 11.9 Å². The average Bonchev–Trinajstić information content (AvgIpc) is 3.03. The molecule has 0 radical (unpaired) electrons. The molecule has 0 aliphatic carbocycles. The molecule has 1 aromatic carbocycles. The Bertz CT molecular complexity index is 851. The maximum Gasteiger partial charge on any atom is 0.268 e. The minimum Gasteiger partial charge on any atom is -0.496 e. The molecule has 0 bridgehead atoms. The number of carbonyl (C=O) groups is 2. The molecule has 8 heteroatoms. The highest BCUT2D eigenvalue weighted by Crippen LogP contribution is 2.41. The Morgan fingerprint density at radius 3 is 2.19 bits per heavy atom. The molecule has 0 saturated carbocycles. The lowest BCUT2D eigenvalue weighted by Crippen LogP contribution is -2.50. The smallest absolute Gasteiger partial charge is 0.268 e. The Morgan fingerprint density at radius 2 is 1.67 bits per heavy atom. The van der Waals surface area contributed by atoms with Crippen molar-refractivity contribution in [1.82, 2.24) is 15.6 Å². The van der Waals surface area contributed by atoms with Crippen LogP contribution in [0.4, 0.5) is 0 Å². The van der Waals surface area contributed by atoms with Gasteiger partial charge in [0.1, 0.15) is 17.5 Å². The van der Waals surface area contributed by atoms with Gasteiger partial charge in [0.15, 0.2) is 11.5 Å². The number of H-pyrrole nitrogens is 1. The lowest BCUT2D eigenvalue weighted by atomic mass is 10.1. The highest BCUT2D eigenvalue weighted by Gasteiger charge is 2.23. The van der Waals surface area contributed by atoms with E-state index in [9.17, 15) is 9.59 Å². The van der Waals surface area contributed by atoms with E-state index in [0.717, 1.165) is 0 Å². The first-order valence-corrected chi connectivity index (χ1v) is 8.55. The summed E-state index contributed by atoms with van der Waals surface area (Å²) in [6.45, 7) is 7.26. The van der Waals surface area contributed by atoms with Crippen molar-refractivity contribution < 1.29 is 23.8 Å². The fourth-order valence-corrected chi connectivity index (χ4v) is 2.68. The third kappa shape index (κ3) is 4.45. The number of methoxy groups -OCH3 is 3. The van der Waals surface area contributed by atoms with Gasteiger partial charge >= 0.3 is 0 Å². The van der Waals surface area contributed by atoms with Crippen molar-refractivity contribution in [3.63, 3.8) is 0 Å². The summed E-state index contributed by atoms with van der Waals surface area (Å²) >= 11 is 0. The zero-order valence-corrected chi connectivity index (χ0v) is 16.8. The molecule has 2 aromatic rings. The van der Waals surface area contributed by atoms with Crippen LogP contribution in [0.25, 0.3) is 10.9 Å². The Hall–Kier alpha value is -2.90. The van der Waals surface area contributed by atoms with Gasteiger partial charge in [0.05, 0.1) is 26.8 Å². The third-order valence-corrected chi connectivity index (χ3v) is 3.92. The zero-order chi connectivity index (χ0) is 20.4. The Morgan fingerprint density at radius 1 is 1.04 bits per heavy atom. The van der Waals surface area contributed by atoms with E-state index in [-0.39, 0.29) is 17.1 Å². The van der Waals surface area contributed by atoms with Crippen LogP contribution in [-0.2, 0) is 4.79 Å². The highest BCUT2D eigenvalue weighted by molar-refractivity contribution is 6.03. The molecule has 0 saturated heterocycles. The maximum absolute atomic E-state index is 12.6. The van der Waals surface area contributed by atoms with Crippen LogP contribution >= 0.6 is 0 Å². The number of nitrogens with one attached hydrogen (secondary N) is 3. The molecule has 148 valence electrons. The molecule has 1 unspecified atom stereocenters. The minimum absolute atomic E-state index is 0.260. The molecule has 8 nitrogen and oxygen atoms in total. The number of hydrogen-bond donors (Lipinski definition) is 3. The average molecular weight is 377 g/mol. The number of benzene rings is 1. The van der Waals surface area contributed by atoms with Crippen molar-refractivity contribution >= 4 is 22.7 Å². The van der Waals surface area contributed by atoms with Crippen LogP contribution in [0.2, 0.25) is 0 Å². The van der Waals surface area contributed by atoms with E-state index >= 15 is 0 Å². The van der Waals surface area contributed by atoms with E-state index in [1.54, 1.807) is 19.1 Å². The summed E-state index contributed by atoms with van der Waals surface area (Å²) in [5.74, 6) is 0.811. The summed E-state index contributed by atoms with van der Waals surface area (Å²) in [7, 11) is 4.57. The standard InChI is InChI=1S/C19H27N3O5/c1-10(17(23)22-19(2,3)4)20-18(24)12-8-11-13(25-5)9-14(26-6)16(27-7)15(11)21-12/h8-10,21H,1-7H3,(H,20,24)(H,22,23). The van der Waals surface area contributed by atoms with Gasteiger partial charge in [-0.25, -0.2) is 0 Å². The van der Waals surface area contributed by atoms with Crippen LogP contribution in [0.1, 0.15) is 38.2 Å². The first kappa shape index (κ1) is 20.4. The lowest BCUT2D eigenvalue weighted by Gasteiger charge is -2.23. The summed E-state index contributed by atoms with van der Waals surface area (Å²) in [6, 6.07) is 2.65. The number of fused-ring (bicyclic) bond motifs is 1. The van der Waals surface area contributed by atoms with Crippen molar-refractivity contribution in [3.05, 3.63) is 17.8 Å². The van der Waals surface area contributed by atoms with Gasteiger partial charge in [0.25, 0.3) is 5.91 Å². The molecule has 2 rings (SSSR count). The van der Waals surface area contributed by atoms with Crippen LogP contribution in [0, 0.1) is 0 Å². The molecule has 27 heavy (non-hydrogen) atoms. The van der Waals surface area contributed by atoms with Crippen LogP contribution in [-0.4, -0.2) is 49.7 Å². The van der Waals surface area contributed by atoms with Gasteiger partial charge < -0.3 is 29.8 Å². The second kappa shape index (κ2) is 7.77. The van der Waals surface area contributed by atoms with Gasteiger partial charge in [0, 0.05) is 17.0 Å². The van der Waals surface area contributed by atoms with Crippen molar-refractivity contribution in [2.24, 2.45) is 0 Å². The molecule has 2 amide bonds. The molecule has 0 aliphatic rings. The summed E-state index contributed by atoms with van der Waals surface area (Å²) in [6.07, 6.45) is 0.